The van der Waals surface area contributed by atoms with Gasteiger partial charge in [-0.15, -0.1) is 0 Å². The second kappa shape index (κ2) is 3.85. The number of halogens is 1. The third-order valence-corrected chi connectivity index (χ3v) is 3.66. The van der Waals surface area contributed by atoms with Gasteiger partial charge in [0.2, 0.25) is 0 Å². The number of rotatable bonds is 0. The van der Waals surface area contributed by atoms with E-state index in [9.17, 15) is 4.79 Å². The van der Waals surface area contributed by atoms with Crippen LogP contribution in [0, 0.1) is 0 Å². The highest BCUT2D eigenvalue weighted by Gasteiger charge is 2.27. The van der Waals surface area contributed by atoms with Crippen molar-refractivity contribution in [2.75, 3.05) is 6.54 Å². The van der Waals surface area contributed by atoms with Crippen molar-refractivity contribution in [3.05, 3.63) is 33.8 Å². The lowest BCUT2D eigenvalue weighted by atomic mass is 9.94. The van der Waals surface area contributed by atoms with Crippen LogP contribution in [0.25, 0.3) is 0 Å². The molecule has 0 fully saturated rings. The van der Waals surface area contributed by atoms with Crippen LogP contribution in [0.4, 0.5) is 4.79 Å². The maximum absolute atomic E-state index is 11.0. The summed E-state index contributed by atoms with van der Waals surface area (Å²) in [5.41, 5.74) is 2.35. The number of hydrogen-bond acceptors (Lipinski definition) is 1. The summed E-state index contributed by atoms with van der Waals surface area (Å²) < 4.78 is 1.08. The van der Waals surface area contributed by atoms with Crippen LogP contribution in [-0.4, -0.2) is 22.6 Å². The molecule has 1 N–H and O–H groups in total. The van der Waals surface area contributed by atoms with Crippen molar-refractivity contribution >= 4 is 22.0 Å². The van der Waals surface area contributed by atoms with Crippen LogP contribution in [0.1, 0.15) is 24.1 Å². The van der Waals surface area contributed by atoms with Crippen molar-refractivity contribution < 1.29 is 9.90 Å². The van der Waals surface area contributed by atoms with Gasteiger partial charge in [-0.1, -0.05) is 28.1 Å². The van der Waals surface area contributed by atoms with Crippen molar-refractivity contribution in [2.24, 2.45) is 0 Å². The maximum atomic E-state index is 11.0. The van der Waals surface area contributed by atoms with E-state index in [1.54, 1.807) is 0 Å². The zero-order valence-electron chi connectivity index (χ0n) is 8.40. The first-order chi connectivity index (χ1) is 7.11. The highest BCUT2D eigenvalue weighted by Crippen LogP contribution is 2.33. The molecular weight excluding hydrogens is 258 g/mol. The van der Waals surface area contributed by atoms with Crippen molar-refractivity contribution in [1.82, 2.24) is 4.90 Å². The number of nitrogens with zero attached hydrogens (tertiary/aromatic N) is 1. The van der Waals surface area contributed by atoms with Gasteiger partial charge in [-0.05, 0) is 30.5 Å². The summed E-state index contributed by atoms with van der Waals surface area (Å²) in [7, 11) is 0. The average Bonchev–Trinajstić information content (AvgIpc) is 2.19. The fourth-order valence-electron chi connectivity index (χ4n) is 2.09. The lowest BCUT2D eigenvalue weighted by molar-refractivity contribution is 0.124. The van der Waals surface area contributed by atoms with Gasteiger partial charge in [-0.2, -0.15) is 0 Å². The minimum atomic E-state index is -0.840. The summed E-state index contributed by atoms with van der Waals surface area (Å²) in [6.45, 7) is 2.50. The quantitative estimate of drug-likeness (QED) is 0.787. The molecule has 4 heteroatoms. The molecular formula is C11H12BrNO2. The van der Waals surface area contributed by atoms with Gasteiger partial charge in [0.15, 0.2) is 0 Å². The molecule has 0 saturated carbocycles. The van der Waals surface area contributed by atoms with Gasteiger partial charge in [0.1, 0.15) is 0 Å². The number of amides is 1. The highest BCUT2D eigenvalue weighted by molar-refractivity contribution is 9.10. The van der Waals surface area contributed by atoms with Crippen molar-refractivity contribution in [3.63, 3.8) is 0 Å². The van der Waals surface area contributed by atoms with Gasteiger partial charge in [0.25, 0.3) is 0 Å². The minimum Gasteiger partial charge on any atom is -0.465 e. The number of carbonyl (C=O) groups is 1. The summed E-state index contributed by atoms with van der Waals surface area (Å²) >= 11 is 3.50. The van der Waals surface area contributed by atoms with Gasteiger partial charge in [-0.25, -0.2) is 4.79 Å². The molecule has 1 amide bonds. The van der Waals surface area contributed by atoms with E-state index < -0.39 is 6.09 Å². The summed E-state index contributed by atoms with van der Waals surface area (Å²) in [4.78, 5) is 12.5. The molecule has 1 aromatic carbocycles. The Labute approximate surface area is 96.8 Å². The molecule has 1 aliphatic rings. The van der Waals surface area contributed by atoms with Crippen LogP contribution in [0.5, 0.6) is 0 Å². The van der Waals surface area contributed by atoms with Crippen LogP contribution in [-0.2, 0) is 6.42 Å². The smallest absolute Gasteiger partial charge is 0.407 e. The topological polar surface area (TPSA) is 40.5 Å². The van der Waals surface area contributed by atoms with Crippen LogP contribution < -0.4 is 0 Å². The first kappa shape index (κ1) is 10.5. The van der Waals surface area contributed by atoms with E-state index >= 15 is 0 Å². The molecule has 1 aliphatic heterocycles. The zero-order valence-corrected chi connectivity index (χ0v) is 9.99. The Morgan fingerprint density at radius 2 is 2.33 bits per heavy atom. The summed E-state index contributed by atoms with van der Waals surface area (Å²) in [5.74, 6) is 0. The first-order valence-corrected chi connectivity index (χ1v) is 5.67. The second-order valence-electron chi connectivity index (χ2n) is 3.71. The number of carboxylic acid groups (broad SMARTS) is 1. The van der Waals surface area contributed by atoms with E-state index in [2.05, 4.69) is 15.9 Å². The molecule has 0 spiro atoms. The lowest BCUT2D eigenvalue weighted by Crippen LogP contribution is -2.37. The second-order valence-corrected chi connectivity index (χ2v) is 4.56. The number of fused-ring (bicyclic) bond motifs is 1. The zero-order chi connectivity index (χ0) is 11.0. The minimum absolute atomic E-state index is 0.0521. The van der Waals surface area contributed by atoms with Gasteiger partial charge < -0.3 is 10.0 Å². The van der Waals surface area contributed by atoms with Gasteiger partial charge in [0, 0.05) is 11.0 Å². The Morgan fingerprint density at radius 1 is 1.60 bits per heavy atom. The van der Waals surface area contributed by atoms with E-state index in [0.29, 0.717) is 6.54 Å². The SMILES string of the molecule is CC1c2cccc(Br)c2CCN1C(=O)O. The normalized spacial score (nSPS) is 19.9. The fourth-order valence-corrected chi connectivity index (χ4v) is 2.67. The third kappa shape index (κ3) is 1.74. The number of benzene rings is 1. The molecule has 0 aromatic heterocycles. The molecule has 80 valence electrons. The molecule has 0 bridgehead atoms. The average molecular weight is 270 g/mol. The molecule has 0 radical (unpaired) electrons. The van der Waals surface area contributed by atoms with Crippen molar-refractivity contribution in [1.29, 1.82) is 0 Å². The number of hydrogen-bond donors (Lipinski definition) is 1. The molecule has 1 aromatic rings. The highest BCUT2D eigenvalue weighted by atomic mass is 79.9. The van der Waals surface area contributed by atoms with Gasteiger partial charge in [0.05, 0.1) is 6.04 Å². The summed E-state index contributed by atoms with van der Waals surface area (Å²) in [6.07, 6.45) is -0.0546. The van der Waals surface area contributed by atoms with Crippen molar-refractivity contribution in [3.8, 4) is 0 Å². The molecule has 0 aliphatic carbocycles. The maximum Gasteiger partial charge on any atom is 0.407 e. The predicted octanol–water partition coefficient (Wildman–Crippen LogP) is 3.05. The Morgan fingerprint density at radius 3 is 3.00 bits per heavy atom. The first-order valence-electron chi connectivity index (χ1n) is 4.88. The van der Waals surface area contributed by atoms with Crippen LogP contribution >= 0.6 is 15.9 Å². The Kier molecular flexibility index (Phi) is 2.69. The van der Waals surface area contributed by atoms with Crippen LogP contribution in [0.15, 0.2) is 22.7 Å². The Balaban J connectivity index is 2.42. The largest absolute Gasteiger partial charge is 0.465 e. The molecule has 1 heterocycles. The summed E-state index contributed by atoms with van der Waals surface area (Å²) in [6, 6.07) is 5.90. The van der Waals surface area contributed by atoms with E-state index in [0.717, 1.165) is 16.5 Å². The van der Waals surface area contributed by atoms with E-state index in [4.69, 9.17) is 5.11 Å². The Bertz CT molecular complexity index is 406. The summed E-state index contributed by atoms with van der Waals surface area (Å²) in [5, 5.41) is 9.02. The third-order valence-electron chi connectivity index (χ3n) is 2.92. The van der Waals surface area contributed by atoms with Crippen LogP contribution in [0.3, 0.4) is 0 Å². The van der Waals surface area contributed by atoms with E-state index in [-0.39, 0.29) is 6.04 Å². The molecule has 1 unspecified atom stereocenters. The standard InChI is InChI=1S/C11H12BrNO2/c1-7-8-3-2-4-10(12)9(8)5-6-13(7)11(14)15/h2-4,7H,5-6H2,1H3,(H,14,15). The van der Waals surface area contributed by atoms with Crippen LogP contribution in [0.2, 0.25) is 0 Å². The van der Waals surface area contributed by atoms with Crippen molar-refractivity contribution in [2.45, 2.75) is 19.4 Å². The monoisotopic (exact) mass is 269 g/mol. The molecule has 2 rings (SSSR count). The predicted molar refractivity (Wildman–Crippen MR) is 61.0 cm³/mol. The van der Waals surface area contributed by atoms with E-state index in [1.807, 2.05) is 25.1 Å². The van der Waals surface area contributed by atoms with E-state index in [1.165, 1.54) is 10.5 Å². The fraction of sp³-hybridized carbons (Fsp3) is 0.364. The Hall–Kier alpha value is -1.03. The molecule has 1 atom stereocenters. The lowest BCUT2D eigenvalue weighted by Gasteiger charge is -2.33. The van der Waals surface area contributed by atoms with Gasteiger partial charge in [-0.3, -0.25) is 0 Å². The molecule has 0 saturated heterocycles. The molecule has 15 heavy (non-hydrogen) atoms. The molecule has 3 nitrogen and oxygen atoms in total. The van der Waals surface area contributed by atoms with Gasteiger partial charge >= 0.3 is 6.09 Å².